The fraction of sp³-hybridized carbons (Fsp3) is 0.417. The van der Waals surface area contributed by atoms with Gasteiger partial charge < -0.3 is 15.8 Å². The van der Waals surface area contributed by atoms with Crippen molar-refractivity contribution in [3.63, 3.8) is 0 Å². The minimum atomic E-state index is -4.37. The van der Waals surface area contributed by atoms with Crippen molar-refractivity contribution in [3.8, 4) is 0 Å². The van der Waals surface area contributed by atoms with Crippen LogP contribution < -0.4 is 11.1 Å². The summed E-state index contributed by atoms with van der Waals surface area (Å²) in [7, 11) is 0. The van der Waals surface area contributed by atoms with Crippen LogP contribution in [0.2, 0.25) is 0 Å². The number of aryl methyl sites for hydroxylation is 1. The summed E-state index contributed by atoms with van der Waals surface area (Å²) >= 11 is 0. The molecule has 0 saturated carbocycles. The van der Waals surface area contributed by atoms with E-state index in [2.05, 4.69) is 10.1 Å². The number of carbonyl (C=O) groups excluding carboxylic acids is 1. The van der Waals surface area contributed by atoms with Crippen LogP contribution in [0.3, 0.4) is 0 Å². The van der Waals surface area contributed by atoms with Gasteiger partial charge in [-0.1, -0.05) is 0 Å². The third-order valence-corrected chi connectivity index (χ3v) is 2.26. The highest BCUT2D eigenvalue weighted by Gasteiger charge is 2.27. The molecule has 19 heavy (non-hydrogen) atoms. The highest BCUT2D eigenvalue weighted by Crippen LogP contribution is 2.18. The summed E-state index contributed by atoms with van der Waals surface area (Å²) < 4.78 is 39.7. The Bertz CT molecular complexity index is 447. The van der Waals surface area contributed by atoms with E-state index in [0.29, 0.717) is 11.4 Å². The summed E-state index contributed by atoms with van der Waals surface area (Å²) in [5, 5.41) is 2.58. The van der Waals surface area contributed by atoms with Gasteiger partial charge in [-0.25, -0.2) is 0 Å². The Morgan fingerprint density at radius 1 is 1.42 bits per heavy atom. The van der Waals surface area contributed by atoms with E-state index in [1.807, 2.05) is 0 Å². The van der Waals surface area contributed by atoms with Crippen LogP contribution in [-0.4, -0.2) is 25.3 Å². The fourth-order valence-corrected chi connectivity index (χ4v) is 1.39. The van der Waals surface area contributed by atoms with Crippen molar-refractivity contribution in [2.45, 2.75) is 19.5 Å². The zero-order chi connectivity index (χ0) is 14.5. The van der Waals surface area contributed by atoms with Crippen LogP contribution in [0.4, 0.5) is 24.5 Å². The van der Waals surface area contributed by atoms with Gasteiger partial charge in [0.25, 0.3) is 0 Å². The number of nitrogen functional groups attached to an aromatic ring is 1. The van der Waals surface area contributed by atoms with Gasteiger partial charge in [0.2, 0.25) is 5.91 Å². The number of rotatable bonds is 5. The lowest BCUT2D eigenvalue weighted by atomic mass is 10.2. The number of nitrogens with two attached hydrogens (primary N) is 1. The summed E-state index contributed by atoms with van der Waals surface area (Å²) in [6, 6.07) is 4.96. The van der Waals surface area contributed by atoms with Crippen molar-refractivity contribution >= 4 is 17.3 Å². The van der Waals surface area contributed by atoms with E-state index < -0.39 is 18.7 Å². The Morgan fingerprint density at radius 3 is 2.68 bits per heavy atom. The third-order valence-electron chi connectivity index (χ3n) is 2.26. The maximum Gasteiger partial charge on any atom is 0.411 e. The van der Waals surface area contributed by atoms with Crippen LogP contribution >= 0.6 is 0 Å². The van der Waals surface area contributed by atoms with Gasteiger partial charge in [-0.3, -0.25) is 4.79 Å². The van der Waals surface area contributed by atoms with Crippen LogP contribution in [-0.2, 0) is 9.53 Å². The van der Waals surface area contributed by atoms with Crippen molar-refractivity contribution in [1.29, 1.82) is 0 Å². The third kappa shape index (κ3) is 6.10. The lowest BCUT2D eigenvalue weighted by molar-refractivity contribution is -0.174. The number of halogens is 3. The average Bonchev–Trinajstić information content (AvgIpc) is 2.27. The molecule has 4 nitrogen and oxygen atoms in total. The summed E-state index contributed by atoms with van der Waals surface area (Å²) in [4.78, 5) is 11.5. The molecule has 0 aliphatic carbocycles. The topological polar surface area (TPSA) is 64.3 Å². The van der Waals surface area contributed by atoms with E-state index in [4.69, 9.17) is 5.73 Å². The molecule has 0 spiro atoms. The smallest absolute Gasteiger partial charge is 0.399 e. The highest BCUT2D eigenvalue weighted by molar-refractivity contribution is 5.91. The number of anilines is 2. The van der Waals surface area contributed by atoms with Crippen LogP contribution in [0.15, 0.2) is 18.2 Å². The molecule has 1 rings (SSSR count). The second-order valence-electron chi connectivity index (χ2n) is 4.04. The first-order valence-electron chi connectivity index (χ1n) is 5.58. The summed E-state index contributed by atoms with van der Waals surface area (Å²) in [5.41, 5.74) is 7.49. The number of ether oxygens (including phenoxy) is 1. The fourth-order valence-electron chi connectivity index (χ4n) is 1.39. The van der Waals surface area contributed by atoms with Gasteiger partial charge in [-0.15, -0.1) is 0 Å². The van der Waals surface area contributed by atoms with Crippen molar-refractivity contribution in [2.24, 2.45) is 0 Å². The second-order valence-corrected chi connectivity index (χ2v) is 4.04. The Kier molecular flexibility index (Phi) is 5.17. The van der Waals surface area contributed by atoms with E-state index >= 15 is 0 Å². The van der Waals surface area contributed by atoms with Gasteiger partial charge in [-0.05, 0) is 30.7 Å². The maximum atomic E-state index is 11.8. The number of hydrogen-bond acceptors (Lipinski definition) is 3. The highest BCUT2D eigenvalue weighted by atomic mass is 19.4. The Labute approximate surface area is 108 Å². The van der Waals surface area contributed by atoms with E-state index in [9.17, 15) is 18.0 Å². The molecule has 7 heteroatoms. The molecular formula is C12H15F3N2O2. The molecule has 0 heterocycles. The molecule has 0 aliphatic heterocycles. The number of nitrogens with one attached hydrogen (secondary N) is 1. The van der Waals surface area contributed by atoms with Gasteiger partial charge in [0, 0.05) is 11.4 Å². The predicted molar refractivity (Wildman–Crippen MR) is 65.7 cm³/mol. The van der Waals surface area contributed by atoms with Gasteiger partial charge >= 0.3 is 6.18 Å². The zero-order valence-corrected chi connectivity index (χ0v) is 10.4. The van der Waals surface area contributed by atoms with Gasteiger partial charge in [0.05, 0.1) is 13.0 Å². The first-order chi connectivity index (χ1) is 8.78. The molecule has 0 aliphatic rings. The standard InChI is InChI=1S/C12H15F3N2O2/c1-8-6-9(16)2-3-10(8)17-11(18)4-5-19-7-12(13,14)15/h2-3,6H,4-5,7,16H2,1H3,(H,17,18). The lowest BCUT2D eigenvalue weighted by Crippen LogP contribution is -2.20. The monoisotopic (exact) mass is 276 g/mol. The molecule has 0 atom stereocenters. The molecule has 1 aromatic carbocycles. The molecule has 0 unspecified atom stereocenters. The van der Waals surface area contributed by atoms with Gasteiger partial charge in [0.15, 0.2) is 0 Å². The molecule has 1 aromatic rings. The summed E-state index contributed by atoms with van der Waals surface area (Å²) in [5.74, 6) is -0.407. The number of carbonyl (C=O) groups is 1. The summed E-state index contributed by atoms with van der Waals surface area (Å²) in [6.45, 7) is 0.146. The quantitative estimate of drug-likeness (QED) is 0.641. The molecule has 0 saturated heterocycles. The molecule has 3 N–H and O–H groups in total. The van der Waals surface area contributed by atoms with E-state index in [1.165, 1.54) is 0 Å². The van der Waals surface area contributed by atoms with Gasteiger partial charge in [-0.2, -0.15) is 13.2 Å². The average molecular weight is 276 g/mol. The molecule has 106 valence electrons. The first kappa shape index (κ1) is 15.3. The van der Waals surface area contributed by atoms with Crippen LogP contribution in [0.1, 0.15) is 12.0 Å². The van der Waals surface area contributed by atoms with Crippen molar-refractivity contribution < 1.29 is 22.7 Å². The number of hydrogen-bond donors (Lipinski definition) is 2. The van der Waals surface area contributed by atoms with Crippen molar-refractivity contribution in [3.05, 3.63) is 23.8 Å². The number of benzene rings is 1. The van der Waals surface area contributed by atoms with Crippen LogP contribution in [0.25, 0.3) is 0 Å². The summed E-state index contributed by atoms with van der Waals surface area (Å²) in [6.07, 6.45) is -4.51. The molecule has 1 amide bonds. The second kappa shape index (κ2) is 6.42. The largest absolute Gasteiger partial charge is 0.411 e. The Hall–Kier alpha value is -1.76. The van der Waals surface area contributed by atoms with Crippen molar-refractivity contribution in [2.75, 3.05) is 24.3 Å². The Morgan fingerprint density at radius 2 is 2.11 bits per heavy atom. The first-order valence-corrected chi connectivity index (χ1v) is 5.58. The SMILES string of the molecule is Cc1cc(N)ccc1NC(=O)CCOCC(F)(F)F. The maximum absolute atomic E-state index is 11.8. The molecular weight excluding hydrogens is 261 g/mol. The van der Waals surface area contributed by atoms with E-state index in [0.717, 1.165) is 5.56 Å². The van der Waals surface area contributed by atoms with Crippen LogP contribution in [0.5, 0.6) is 0 Å². The van der Waals surface area contributed by atoms with Gasteiger partial charge in [0.1, 0.15) is 6.61 Å². The zero-order valence-electron chi connectivity index (χ0n) is 10.4. The molecule has 0 fully saturated rings. The minimum Gasteiger partial charge on any atom is -0.399 e. The minimum absolute atomic E-state index is 0.139. The molecule has 0 radical (unpaired) electrons. The Balaban J connectivity index is 2.35. The van der Waals surface area contributed by atoms with E-state index in [-0.39, 0.29) is 13.0 Å². The van der Waals surface area contributed by atoms with Crippen molar-refractivity contribution in [1.82, 2.24) is 0 Å². The lowest BCUT2D eigenvalue weighted by Gasteiger charge is -2.10. The van der Waals surface area contributed by atoms with Crippen LogP contribution in [0, 0.1) is 6.92 Å². The molecule has 0 bridgehead atoms. The normalized spacial score (nSPS) is 11.4. The molecule has 0 aromatic heterocycles. The van der Waals surface area contributed by atoms with E-state index in [1.54, 1.807) is 25.1 Å². The predicted octanol–water partition coefficient (Wildman–Crippen LogP) is 2.48. The number of alkyl halides is 3. The number of amides is 1.